The topological polar surface area (TPSA) is 21.3 Å². The lowest BCUT2D eigenvalue weighted by Crippen LogP contribution is -2.40. The fourth-order valence-electron chi connectivity index (χ4n) is 3.14. The van der Waals surface area contributed by atoms with Crippen molar-refractivity contribution in [1.29, 1.82) is 0 Å². The summed E-state index contributed by atoms with van der Waals surface area (Å²) in [7, 11) is 0. The van der Waals surface area contributed by atoms with E-state index >= 15 is 0 Å². The van der Waals surface area contributed by atoms with Gasteiger partial charge in [0.1, 0.15) is 0 Å². The van der Waals surface area contributed by atoms with Gasteiger partial charge in [0.25, 0.3) is 0 Å². The summed E-state index contributed by atoms with van der Waals surface area (Å²) in [5.74, 6) is 2.67. The molecule has 4 unspecified atom stereocenters. The van der Waals surface area contributed by atoms with Crippen LogP contribution in [0.25, 0.3) is 0 Å². The Morgan fingerprint density at radius 3 is 2.56 bits per heavy atom. The van der Waals surface area contributed by atoms with Crippen LogP contribution >= 0.6 is 0 Å². The van der Waals surface area contributed by atoms with Crippen molar-refractivity contribution in [1.82, 2.24) is 5.32 Å². The molecule has 1 rings (SSSR count). The summed E-state index contributed by atoms with van der Waals surface area (Å²) < 4.78 is 5.54. The first kappa shape index (κ1) is 16.0. The summed E-state index contributed by atoms with van der Waals surface area (Å²) in [6.07, 6.45) is 6.61. The van der Waals surface area contributed by atoms with Crippen molar-refractivity contribution in [3.63, 3.8) is 0 Å². The third-order valence-corrected chi connectivity index (χ3v) is 4.64. The molecule has 0 bridgehead atoms. The monoisotopic (exact) mass is 255 g/mol. The maximum absolute atomic E-state index is 5.54. The molecule has 2 heteroatoms. The van der Waals surface area contributed by atoms with E-state index in [1.807, 2.05) is 0 Å². The van der Waals surface area contributed by atoms with Gasteiger partial charge in [-0.1, -0.05) is 27.2 Å². The largest absolute Gasteiger partial charge is 0.382 e. The normalized spacial score (nSPS) is 30.3. The van der Waals surface area contributed by atoms with Gasteiger partial charge >= 0.3 is 0 Å². The van der Waals surface area contributed by atoms with E-state index in [4.69, 9.17) is 4.74 Å². The van der Waals surface area contributed by atoms with E-state index in [0.717, 1.165) is 37.5 Å². The van der Waals surface area contributed by atoms with Crippen LogP contribution in [0.3, 0.4) is 0 Å². The highest BCUT2D eigenvalue weighted by Crippen LogP contribution is 2.35. The van der Waals surface area contributed by atoms with E-state index in [1.54, 1.807) is 0 Å². The van der Waals surface area contributed by atoms with Crippen molar-refractivity contribution < 1.29 is 4.74 Å². The Bertz CT molecular complexity index is 207. The smallest absolute Gasteiger partial charge is 0.0480 e. The molecule has 1 fully saturated rings. The second kappa shape index (κ2) is 8.92. The minimum atomic E-state index is 0.673. The van der Waals surface area contributed by atoms with Gasteiger partial charge < -0.3 is 10.1 Å². The molecule has 1 N–H and O–H groups in total. The third kappa shape index (κ3) is 5.27. The molecule has 0 amide bonds. The molecule has 0 radical (unpaired) electrons. The Balaban J connectivity index is 2.42. The van der Waals surface area contributed by atoms with Crippen molar-refractivity contribution >= 4 is 0 Å². The van der Waals surface area contributed by atoms with Gasteiger partial charge in [-0.15, -0.1) is 0 Å². The van der Waals surface area contributed by atoms with Crippen LogP contribution in [0.4, 0.5) is 0 Å². The van der Waals surface area contributed by atoms with Gasteiger partial charge in [-0.3, -0.25) is 0 Å². The van der Waals surface area contributed by atoms with Gasteiger partial charge in [-0.25, -0.2) is 0 Å². The fourth-order valence-corrected chi connectivity index (χ4v) is 3.14. The quantitative estimate of drug-likeness (QED) is 0.665. The number of ether oxygens (including phenoxy) is 1. The predicted molar refractivity (Wildman–Crippen MR) is 78.9 cm³/mol. The van der Waals surface area contributed by atoms with Crippen molar-refractivity contribution in [3.8, 4) is 0 Å². The molecule has 0 aromatic rings. The van der Waals surface area contributed by atoms with Crippen LogP contribution in [-0.4, -0.2) is 25.8 Å². The second-order valence-electron chi connectivity index (χ2n) is 6.07. The van der Waals surface area contributed by atoms with Crippen molar-refractivity contribution in [3.05, 3.63) is 0 Å². The average molecular weight is 255 g/mol. The Labute approximate surface area is 114 Å². The van der Waals surface area contributed by atoms with Crippen LogP contribution in [-0.2, 0) is 4.74 Å². The summed E-state index contributed by atoms with van der Waals surface area (Å²) in [6, 6.07) is 0.673. The molecule has 18 heavy (non-hydrogen) atoms. The van der Waals surface area contributed by atoms with E-state index in [-0.39, 0.29) is 0 Å². The molecule has 108 valence electrons. The lowest BCUT2D eigenvalue weighted by atomic mass is 9.72. The van der Waals surface area contributed by atoms with E-state index in [1.165, 1.54) is 32.1 Å². The zero-order valence-electron chi connectivity index (χ0n) is 12.9. The molecule has 0 aromatic heterocycles. The molecule has 1 aliphatic rings. The van der Waals surface area contributed by atoms with Gasteiger partial charge in [-0.05, 0) is 56.9 Å². The number of rotatable bonds is 8. The second-order valence-corrected chi connectivity index (χ2v) is 6.07. The molecule has 2 nitrogen and oxygen atoms in total. The Kier molecular flexibility index (Phi) is 7.92. The molecule has 1 saturated carbocycles. The van der Waals surface area contributed by atoms with E-state index in [9.17, 15) is 0 Å². The van der Waals surface area contributed by atoms with Crippen LogP contribution in [0.5, 0.6) is 0 Å². The van der Waals surface area contributed by atoms with E-state index in [0.29, 0.717) is 6.04 Å². The Morgan fingerprint density at radius 1 is 1.17 bits per heavy atom. The van der Waals surface area contributed by atoms with Crippen LogP contribution in [0.1, 0.15) is 59.8 Å². The SMILES string of the molecule is CCCNC(CCOCC)C1CCC(C)C(C)C1. The Hall–Kier alpha value is -0.0800. The van der Waals surface area contributed by atoms with Crippen LogP contribution in [0.2, 0.25) is 0 Å². The van der Waals surface area contributed by atoms with Crippen LogP contribution < -0.4 is 5.32 Å². The minimum absolute atomic E-state index is 0.673. The summed E-state index contributed by atoms with van der Waals surface area (Å²) in [4.78, 5) is 0. The first-order valence-corrected chi connectivity index (χ1v) is 8.00. The van der Waals surface area contributed by atoms with E-state index in [2.05, 4.69) is 33.0 Å². The van der Waals surface area contributed by atoms with Crippen molar-refractivity contribution in [2.45, 2.75) is 65.8 Å². The first-order chi connectivity index (χ1) is 8.69. The summed E-state index contributed by atoms with van der Waals surface area (Å²) in [5, 5.41) is 3.75. The molecule has 0 aliphatic heterocycles. The molecule has 0 saturated heterocycles. The standard InChI is InChI=1S/C16H33NO/c1-5-10-17-16(9-11-18-6-2)15-8-7-13(3)14(4)12-15/h13-17H,5-12H2,1-4H3. The first-order valence-electron chi connectivity index (χ1n) is 8.00. The Morgan fingerprint density at radius 2 is 1.94 bits per heavy atom. The number of nitrogens with one attached hydrogen (secondary N) is 1. The molecule has 0 spiro atoms. The van der Waals surface area contributed by atoms with Crippen LogP contribution in [0.15, 0.2) is 0 Å². The highest BCUT2D eigenvalue weighted by atomic mass is 16.5. The average Bonchev–Trinajstić information content (AvgIpc) is 2.37. The molecule has 0 heterocycles. The lowest BCUT2D eigenvalue weighted by Gasteiger charge is -2.37. The van der Waals surface area contributed by atoms with Crippen molar-refractivity contribution in [2.24, 2.45) is 17.8 Å². The fraction of sp³-hybridized carbons (Fsp3) is 1.00. The van der Waals surface area contributed by atoms with Crippen LogP contribution in [0, 0.1) is 17.8 Å². The van der Waals surface area contributed by atoms with E-state index < -0.39 is 0 Å². The van der Waals surface area contributed by atoms with Gasteiger partial charge in [0, 0.05) is 19.3 Å². The van der Waals surface area contributed by atoms with Gasteiger partial charge in [0.2, 0.25) is 0 Å². The number of hydrogen-bond donors (Lipinski definition) is 1. The zero-order chi connectivity index (χ0) is 13.4. The summed E-state index contributed by atoms with van der Waals surface area (Å²) in [5.41, 5.74) is 0. The molecule has 0 aromatic carbocycles. The third-order valence-electron chi connectivity index (χ3n) is 4.64. The molecule has 4 atom stereocenters. The van der Waals surface area contributed by atoms with Crippen molar-refractivity contribution in [2.75, 3.05) is 19.8 Å². The molecule has 1 aliphatic carbocycles. The zero-order valence-corrected chi connectivity index (χ0v) is 12.9. The number of hydrogen-bond acceptors (Lipinski definition) is 2. The lowest BCUT2D eigenvalue weighted by molar-refractivity contribution is 0.110. The summed E-state index contributed by atoms with van der Waals surface area (Å²) >= 11 is 0. The molecular formula is C16H33NO. The minimum Gasteiger partial charge on any atom is -0.382 e. The molecular weight excluding hydrogens is 222 g/mol. The van der Waals surface area contributed by atoms with Gasteiger partial charge in [-0.2, -0.15) is 0 Å². The predicted octanol–water partition coefficient (Wildman–Crippen LogP) is 3.85. The van der Waals surface area contributed by atoms with Gasteiger partial charge in [0.05, 0.1) is 0 Å². The summed E-state index contributed by atoms with van der Waals surface area (Å²) in [6.45, 7) is 12.1. The maximum Gasteiger partial charge on any atom is 0.0480 e. The van der Waals surface area contributed by atoms with Gasteiger partial charge in [0.15, 0.2) is 0 Å². The maximum atomic E-state index is 5.54. The highest BCUT2D eigenvalue weighted by Gasteiger charge is 2.29. The highest BCUT2D eigenvalue weighted by molar-refractivity contribution is 4.83.